The van der Waals surface area contributed by atoms with E-state index in [1.807, 2.05) is 43.3 Å². The molecule has 136 valence electrons. The van der Waals surface area contributed by atoms with Gasteiger partial charge in [-0.25, -0.2) is 4.98 Å². The summed E-state index contributed by atoms with van der Waals surface area (Å²) >= 11 is 5.14. The Morgan fingerprint density at radius 1 is 1.15 bits per heavy atom. The van der Waals surface area contributed by atoms with Gasteiger partial charge in [0, 0.05) is 29.9 Å². The largest absolute Gasteiger partial charge is 0.358 e. The van der Waals surface area contributed by atoms with E-state index in [-0.39, 0.29) is 5.91 Å². The quantitative estimate of drug-likeness (QED) is 0.369. The normalized spacial score (nSPS) is 10.3. The third-order valence-electron chi connectivity index (χ3n) is 3.78. The van der Waals surface area contributed by atoms with E-state index >= 15 is 0 Å². The average molecular weight is 377 g/mol. The van der Waals surface area contributed by atoms with Gasteiger partial charge in [0.2, 0.25) is 0 Å². The number of aromatic nitrogens is 2. The summed E-state index contributed by atoms with van der Waals surface area (Å²) in [4.78, 5) is 21.4. The lowest BCUT2D eigenvalue weighted by atomic mass is 10.0. The molecule has 0 atom stereocenters. The van der Waals surface area contributed by atoms with Gasteiger partial charge in [-0.15, -0.1) is 0 Å². The van der Waals surface area contributed by atoms with Crippen LogP contribution in [0.2, 0.25) is 0 Å². The monoisotopic (exact) mass is 377 g/mol. The van der Waals surface area contributed by atoms with E-state index in [4.69, 9.17) is 12.2 Å². The minimum absolute atomic E-state index is 0.302. The molecule has 0 fully saturated rings. The highest BCUT2D eigenvalue weighted by Crippen LogP contribution is 2.24. The fourth-order valence-corrected chi connectivity index (χ4v) is 2.61. The summed E-state index contributed by atoms with van der Waals surface area (Å²) in [5.74, 6) is -0.302. The number of thiocarbonyl (C=S) groups is 1. The molecule has 0 spiro atoms. The Bertz CT molecular complexity index is 1000. The molecule has 0 saturated carbocycles. The molecule has 0 aliphatic heterocycles. The number of benzene rings is 1. The second kappa shape index (κ2) is 8.37. The van der Waals surface area contributed by atoms with Crippen LogP contribution in [0.25, 0.3) is 22.2 Å². The molecule has 0 aliphatic carbocycles. The van der Waals surface area contributed by atoms with Crippen LogP contribution in [0, 0.1) is 0 Å². The van der Waals surface area contributed by atoms with Crippen molar-refractivity contribution in [2.75, 3.05) is 6.54 Å². The maximum Gasteiger partial charge on any atom is 0.270 e. The van der Waals surface area contributed by atoms with Gasteiger partial charge in [0.05, 0.1) is 16.8 Å². The molecule has 0 unspecified atom stereocenters. The second-order valence-electron chi connectivity index (χ2n) is 6.03. The van der Waals surface area contributed by atoms with Crippen LogP contribution in [0.3, 0.4) is 0 Å². The van der Waals surface area contributed by atoms with Crippen molar-refractivity contribution in [1.29, 1.82) is 0 Å². The first-order valence-corrected chi connectivity index (χ1v) is 8.74. The Morgan fingerprint density at radius 2 is 1.89 bits per heavy atom. The van der Waals surface area contributed by atoms with Crippen LogP contribution in [-0.4, -0.2) is 27.5 Å². The molecule has 3 N–H and O–H groups in total. The standard InChI is InChI=1S/C20H19N5OS/c1-13(2)12-22-20(27)25-24-19(26)16-11-18(14-7-9-21-10-8-14)23-17-6-4-3-5-15(16)17/h3-11H,1,12H2,2H3,(H,24,26)(H2,22,25,27). The van der Waals surface area contributed by atoms with E-state index in [1.54, 1.807) is 18.5 Å². The van der Waals surface area contributed by atoms with E-state index in [0.717, 1.165) is 22.0 Å². The Morgan fingerprint density at radius 3 is 2.63 bits per heavy atom. The Labute approximate surface area is 162 Å². The molecule has 1 aromatic carbocycles. The molecule has 0 bridgehead atoms. The van der Waals surface area contributed by atoms with Crippen LogP contribution in [-0.2, 0) is 0 Å². The minimum atomic E-state index is -0.302. The van der Waals surface area contributed by atoms with Crippen molar-refractivity contribution >= 4 is 34.1 Å². The molecule has 3 aromatic rings. The van der Waals surface area contributed by atoms with Gasteiger partial charge in [-0.2, -0.15) is 0 Å². The molecule has 0 aliphatic rings. The molecular weight excluding hydrogens is 358 g/mol. The molecule has 0 saturated heterocycles. The molecule has 27 heavy (non-hydrogen) atoms. The molecule has 0 radical (unpaired) electrons. The summed E-state index contributed by atoms with van der Waals surface area (Å²) in [6.07, 6.45) is 3.39. The summed E-state index contributed by atoms with van der Waals surface area (Å²) in [5, 5.41) is 4.03. The van der Waals surface area contributed by atoms with Gasteiger partial charge < -0.3 is 5.32 Å². The van der Waals surface area contributed by atoms with Crippen molar-refractivity contribution in [3.8, 4) is 11.3 Å². The molecule has 3 rings (SSSR count). The van der Waals surface area contributed by atoms with Crippen molar-refractivity contribution in [2.24, 2.45) is 0 Å². The van der Waals surface area contributed by atoms with Gasteiger partial charge in [-0.1, -0.05) is 30.4 Å². The number of amides is 1. The van der Waals surface area contributed by atoms with Gasteiger partial charge in [-0.05, 0) is 43.4 Å². The van der Waals surface area contributed by atoms with Crippen LogP contribution in [0.4, 0.5) is 0 Å². The first kappa shape index (κ1) is 18.5. The second-order valence-corrected chi connectivity index (χ2v) is 6.44. The van der Waals surface area contributed by atoms with Crippen LogP contribution in [0.5, 0.6) is 0 Å². The number of hydrazine groups is 1. The Hall–Kier alpha value is -3.32. The molecule has 2 heterocycles. The van der Waals surface area contributed by atoms with Crippen molar-refractivity contribution in [2.45, 2.75) is 6.92 Å². The number of carbonyl (C=O) groups excluding carboxylic acids is 1. The topological polar surface area (TPSA) is 78.9 Å². The fourth-order valence-electron chi connectivity index (χ4n) is 2.49. The van der Waals surface area contributed by atoms with Gasteiger partial charge in [0.15, 0.2) is 5.11 Å². The van der Waals surface area contributed by atoms with Crippen LogP contribution in [0.15, 0.2) is 67.0 Å². The van der Waals surface area contributed by atoms with Gasteiger partial charge in [0.1, 0.15) is 0 Å². The number of rotatable bonds is 4. The van der Waals surface area contributed by atoms with E-state index in [2.05, 4.69) is 32.7 Å². The Balaban J connectivity index is 1.87. The predicted octanol–water partition coefficient (Wildman–Crippen LogP) is 2.98. The summed E-state index contributed by atoms with van der Waals surface area (Å²) < 4.78 is 0. The number of hydrogen-bond donors (Lipinski definition) is 3. The van der Waals surface area contributed by atoms with E-state index in [0.29, 0.717) is 22.9 Å². The minimum Gasteiger partial charge on any atom is -0.358 e. The number of carbonyl (C=O) groups is 1. The maximum atomic E-state index is 12.8. The highest BCUT2D eigenvalue weighted by molar-refractivity contribution is 7.80. The number of fused-ring (bicyclic) bond motifs is 1. The van der Waals surface area contributed by atoms with Crippen LogP contribution in [0.1, 0.15) is 17.3 Å². The SMILES string of the molecule is C=C(C)CNC(=S)NNC(=O)c1cc(-c2ccncc2)nc2ccccc12. The molecule has 1 amide bonds. The van der Waals surface area contributed by atoms with Gasteiger partial charge in [0.25, 0.3) is 5.91 Å². The van der Waals surface area contributed by atoms with E-state index in [1.165, 1.54) is 0 Å². The Kier molecular flexibility index (Phi) is 5.73. The predicted molar refractivity (Wildman–Crippen MR) is 111 cm³/mol. The number of para-hydroxylation sites is 1. The summed E-state index contributed by atoms with van der Waals surface area (Å²) in [7, 11) is 0. The summed E-state index contributed by atoms with van der Waals surface area (Å²) in [6.45, 7) is 6.21. The molecular formula is C20H19N5OS. The van der Waals surface area contributed by atoms with Crippen molar-refractivity contribution in [1.82, 2.24) is 26.1 Å². The number of nitrogens with one attached hydrogen (secondary N) is 3. The maximum absolute atomic E-state index is 12.8. The zero-order valence-corrected chi connectivity index (χ0v) is 15.6. The van der Waals surface area contributed by atoms with E-state index in [9.17, 15) is 4.79 Å². The molecule has 7 heteroatoms. The first-order valence-electron chi connectivity index (χ1n) is 8.33. The smallest absolute Gasteiger partial charge is 0.270 e. The highest BCUT2D eigenvalue weighted by Gasteiger charge is 2.14. The van der Waals surface area contributed by atoms with Crippen molar-refractivity contribution in [3.63, 3.8) is 0 Å². The number of nitrogens with zero attached hydrogens (tertiary/aromatic N) is 2. The zero-order valence-electron chi connectivity index (χ0n) is 14.8. The third-order valence-corrected chi connectivity index (χ3v) is 4.02. The number of hydrogen-bond acceptors (Lipinski definition) is 4. The highest BCUT2D eigenvalue weighted by atomic mass is 32.1. The van der Waals surface area contributed by atoms with E-state index < -0.39 is 0 Å². The third kappa shape index (κ3) is 4.65. The average Bonchev–Trinajstić information content (AvgIpc) is 2.70. The zero-order chi connectivity index (χ0) is 19.2. The first-order chi connectivity index (χ1) is 13.0. The summed E-state index contributed by atoms with van der Waals surface area (Å²) in [5.41, 5.74) is 9.10. The molecule has 6 nitrogen and oxygen atoms in total. The molecule has 2 aromatic heterocycles. The van der Waals surface area contributed by atoms with Crippen molar-refractivity contribution in [3.05, 3.63) is 72.6 Å². The van der Waals surface area contributed by atoms with Gasteiger partial charge >= 0.3 is 0 Å². The summed E-state index contributed by atoms with van der Waals surface area (Å²) in [6, 6.07) is 13.0. The lowest BCUT2D eigenvalue weighted by Crippen LogP contribution is -2.47. The van der Waals surface area contributed by atoms with Crippen LogP contribution >= 0.6 is 12.2 Å². The van der Waals surface area contributed by atoms with Crippen molar-refractivity contribution < 1.29 is 4.79 Å². The lowest BCUT2D eigenvalue weighted by Gasteiger charge is -2.13. The lowest BCUT2D eigenvalue weighted by molar-refractivity contribution is 0.0945. The van der Waals surface area contributed by atoms with Crippen LogP contribution < -0.4 is 16.2 Å². The van der Waals surface area contributed by atoms with Gasteiger partial charge in [-0.3, -0.25) is 20.6 Å². The number of pyridine rings is 2. The fraction of sp³-hybridized carbons (Fsp3) is 0.100.